The summed E-state index contributed by atoms with van der Waals surface area (Å²) in [5.41, 5.74) is 3.39. The van der Waals surface area contributed by atoms with E-state index in [1.54, 1.807) is 0 Å². The first-order chi connectivity index (χ1) is 8.40. The minimum Gasteiger partial charge on any atom is -0.115 e. The lowest BCUT2D eigenvalue weighted by Crippen LogP contribution is -1.86. The van der Waals surface area contributed by atoms with E-state index in [2.05, 4.69) is 36.3 Å². The van der Waals surface area contributed by atoms with E-state index < -0.39 is 0 Å². The van der Waals surface area contributed by atoms with Gasteiger partial charge in [0.15, 0.2) is 0 Å². The first-order valence-corrected chi connectivity index (χ1v) is 5.66. The van der Waals surface area contributed by atoms with E-state index in [1.807, 2.05) is 36.4 Å². The van der Waals surface area contributed by atoms with Crippen LogP contribution in [0.4, 0.5) is 0 Å². The molecule has 82 valence electrons. The fraction of sp³-hybridized carbons (Fsp3) is 0.0588. The predicted octanol–water partition coefficient (Wildman–Crippen LogP) is 3.92. The van der Waals surface area contributed by atoms with E-state index >= 15 is 0 Å². The van der Waals surface area contributed by atoms with Gasteiger partial charge in [0.1, 0.15) is 0 Å². The SMILES string of the molecule is C#Cc1ccccc1C/C=C\c1ccccc1. The molecule has 0 saturated carbocycles. The third-order valence-corrected chi connectivity index (χ3v) is 2.62. The maximum atomic E-state index is 5.46. The van der Waals surface area contributed by atoms with Crippen molar-refractivity contribution in [2.24, 2.45) is 0 Å². The molecular weight excluding hydrogens is 204 g/mol. The summed E-state index contributed by atoms with van der Waals surface area (Å²) in [7, 11) is 0. The molecule has 0 aliphatic rings. The van der Waals surface area contributed by atoms with Crippen molar-refractivity contribution in [1.29, 1.82) is 0 Å². The normalized spacial score (nSPS) is 10.3. The smallest absolute Gasteiger partial charge is 0.0277 e. The van der Waals surface area contributed by atoms with Crippen molar-refractivity contribution in [3.05, 3.63) is 77.4 Å². The minimum absolute atomic E-state index is 0.870. The number of benzene rings is 2. The zero-order chi connectivity index (χ0) is 11.9. The van der Waals surface area contributed by atoms with Gasteiger partial charge in [0.05, 0.1) is 0 Å². The van der Waals surface area contributed by atoms with Crippen molar-refractivity contribution >= 4 is 6.08 Å². The third-order valence-electron chi connectivity index (χ3n) is 2.62. The molecule has 2 rings (SSSR count). The highest BCUT2D eigenvalue weighted by Gasteiger charge is 1.95. The van der Waals surface area contributed by atoms with Gasteiger partial charge in [-0.05, 0) is 23.6 Å². The van der Waals surface area contributed by atoms with Crippen LogP contribution in [0, 0.1) is 12.3 Å². The van der Waals surface area contributed by atoms with E-state index in [1.165, 1.54) is 11.1 Å². The second-order valence-electron chi connectivity index (χ2n) is 3.82. The zero-order valence-corrected chi connectivity index (χ0v) is 9.64. The summed E-state index contributed by atoms with van der Waals surface area (Å²) in [4.78, 5) is 0. The maximum absolute atomic E-state index is 5.46. The van der Waals surface area contributed by atoms with Crippen LogP contribution in [0.5, 0.6) is 0 Å². The van der Waals surface area contributed by atoms with Crippen molar-refractivity contribution in [2.75, 3.05) is 0 Å². The molecule has 0 fully saturated rings. The molecule has 2 aromatic rings. The Kier molecular flexibility index (Phi) is 3.78. The molecule has 0 aromatic heterocycles. The van der Waals surface area contributed by atoms with Crippen molar-refractivity contribution in [2.45, 2.75) is 6.42 Å². The lowest BCUT2D eigenvalue weighted by Gasteiger charge is -2.00. The van der Waals surface area contributed by atoms with Gasteiger partial charge in [-0.2, -0.15) is 0 Å². The van der Waals surface area contributed by atoms with Gasteiger partial charge in [0.2, 0.25) is 0 Å². The Bertz CT molecular complexity index is 542. The van der Waals surface area contributed by atoms with E-state index in [0.717, 1.165) is 12.0 Å². The molecule has 2 aromatic carbocycles. The molecule has 17 heavy (non-hydrogen) atoms. The second-order valence-corrected chi connectivity index (χ2v) is 3.82. The van der Waals surface area contributed by atoms with E-state index in [0.29, 0.717) is 0 Å². The molecule has 0 atom stereocenters. The van der Waals surface area contributed by atoms with Crippen LogP contribution in [0.3, 0.4) is 0 Å². The van der Waals surface area contributed by atoms with Crippen molar-refractivity contribution in [3.63, 3.8) is 0 Å². The Morgan fingerprint density at radius 1 is 0.941 bits per heavy atom. The lowest BCUT2D eigenvalue weighted by molar-refractivity contribution is 1.26. The molecule has 0 aliphatic heterocycles. The summed E-state index contributed by atoms with van der Waals surface area (Å²) in [6, 6.07) is 18.3. The van der Waals surface area contributed by atoms with Crippen LogP contribution in [-0.4, -0.2) is 0 Å². The molecule has 0 unspecified atom stereocenters. The van der Waals surface area contributed by atoms with Gasteiger partial charge < -0.3 is 0 Å². The third kappa shape index (κ3) is 3.09. The van der Waals surface area contributed by atoms with Crippen molar-refractivity contribution in [3.8, 4) is 12.3 Å². The zero-order valence-electron chi connectivity index (χ0n) is 9.64. The minimum atomic E-state index is 0.870. The fourth-order valence-electron chi connectivity index (χ4n) is 1.73. The Balaban J connectivity index is 2.08. The highest BCUT2D eigenvalue weighted by Crippen LogP contribution is 2.10. The fourth-order valence-corrected chi connectivity index (χ4v) is 1.73. The highest BCUT2D eigenvalue weighted by atomic mass is 14.0. The molecule has 0 aliphatic carbocycles. The molecule has 0 heterocycles. The van der Waals surface area contributed by atoms with Gasteiger partial charge in [0, 0.05) is 5.56 Å². The first-order valence-electron chi connectivity index (χ1n) is 5.66. The Morgan fingerprint density at radius 2 is 1.65 bits per heavy atom. The summed E-state index contributed by atoms with van der Waals surface area (Å²) in [5.74, 6) is 2.71. The topological polar surface area (TPSA) is 0 Å². The summed E-state index contributed by atoms with van der Waals surface area (Å²) in [5, 5.41) is 0. The second kappa shape index (κ2) is 5.72. The van der Waals surface area contributed by atoms with Gasteiger partial charge >= 0.3 is 0 Å². The molecule has 0 radical (unpaired) electrons. The van der Waals surface area contributed by atoms with Gasteiger partial charge in [-0.25, -0.2) is 0 Å². The Hall–Kier alpha value is -2.26. The van der Waals surface area contributed by atoms with E-state index in [4.69, 9.17) is 6.42 Å². The van der Waals surface area contributed by atoms with Gasteiger partial charge in [-0.1, -0.05) is 66.6 Å². The molecule has 0 N–H and O–H groups in total. The van der Waals surface area contributed by atoms with Crippen LogP contribution in [0.1, 0.15) is 16.7 Å². The highest BCUT2D eigenvalue weighted by molar-refractivity contribution is 5.50. The first kappa shape index (κ1) is 11.2. The van der Waals surface area contributed by atoms with Gasteiger partial charge in [-0.15, -0.1) is 6.42 Å². The molecule has 0 saturated heterocycles. The average molecular weight is 218 g/mol. The van der Waals surface area contributed by atoms with Crippen LogP contribution >= 0.6 is 0 Å². The van der Waals surface area contributed by atoms with Crippen LogP contribution < -0.4 is 0 Å². The molecular formula is C17H14. The molecule has 0 spiro atoms. The largest absolute Gasteiger partial charge is 0.115 e. The number of terminal acetylenes is 1. The standard InChI is InChI=1S/C17H14/c1-2-16-12-6-7-13-17(16)14-8-11-15-9-4-3-5-10-15/h1,3-13H,14H2/b11-8-. The van der Waals surface area contributed by atoms with Crippen LogP contribution in [-0.2, 0) is 6.42 Å². The number of hydrogen-bond acceptors (Lipinski definition) is 0. The monoisotopic (exact) mass is 218 g/mol. The predicted molar refractivity (Wildman–Crippen MR) is 73.6 cm³/mol. The number of hydrogen-bond donors (Lipinski definition) is 0. The van der Waals surface area contributed by atoms with Crippen molar-refractivity contribution < 1.29 is 0 Å². The van der Waals surface area contributed by atoms with Gasteiger partial charge in [-0.3, -0.25) is 0 Å². The Morgan fingerprint density at radius 3 is 2.41 bits per heavy atom. The van der Waals surface area contributed by atoms with Crippen LogP contribution in [0.2, 0.25) is 0 Å². The van der Waals surface area contributed by atoms with Crippen molar-refractivity contribution in [1.82, 2.24) is 0 Å². The van der Waals surface area contributed by atoms with E-state index in [-0.39, 0.29) is 0 Å². The molecule has 0 nitrogen and oxygen atoms in total. The molecule has 0 heteroatoms. The number of allylic oxidation sites excluding steroid dienone is 1. The molecule has 0 bridgehead atoms. The summed E-state index contributed by atoms with van der Waals surface area (Å²) < 4.78 is 0. The van der Waals surface area contributed by atoms with E-state index in [9.17, 15) is 0 Å². The number of rotatable bonds is 3. The molecule has 0 amide bonds. The lowest BCUT2D eigenvalue weighted by atomic mass is 10.0. The van der Waals surface area contributed by atoms with Crippen LogP contribution in [0.15, 0.2) is 60.7 Å². The Labute approximate surface area is 103 Å². The quantitative estimate of drug-likeness (QED) is 0.685. The summed E-state index contributed by atoms with van der Waals surface area (Å²) in [6.45, 7) is 0. The van der Waals surface area contributed by atoms with Gasteiger partial charge in [0.25, 0.3) is 0 Å². The van der Waals surface area contributed by atoms with Crippen LogP contribution in [0.25, 0.3) is 6.08 Å². The average Bonchev–Trinajstić information content (AvgIpc) is 2.40. The maximum Gasteiger partial charge on any atom is 0.0277 e. The summed E-state index contributed by atoms with van der Waals surface area (Å²) in [6.07, 6.45) is 10.6. The summed E-state index contributed by atoms with van der Waals surface area (Å²) >= 11 is 0.